The van der Waals surface area contributed by atoms with Crippen LogP contribution in [0.5, 0.6) is 0 Å². The first kappa shape index (κ1) is 15.4. The van der Waals surface area contributed by atoms with Gasteiger partial charge in [-0.1, -0.05) is 11.6 Å². The Morgan fingerprint density at radius 2 is 2.19 bits per heavy atom. The molecule has 0 aliphatic heterocycles. The fourth-order valence-electron chi connectivity index (χ4n) is 2.63. The van der Waals surface area contributed by atoms with Gasteiger partial charge < -0.3 is 14.8 Å². The van der Waals surface area contributed by atoms with Crippen LogP contribution in [0.4, 0.5) is 0 Å². The van der Waals surface area contributed by atoms with Gasteiger partial charge in [0, 0.05) is 12.1 Å². The third-order valence-corrected chi connectivity index (χ3v) is 3.71. The van der Waals surface area contributed by atoms with Crippen LogP contribution in [0.2, 0.25) is 0 Å². The van der Waals surface area contributed by atoms with Crippen molar-refractivity contribution in [1.29, 1.82) is 0 Å². The van der Waals surface area contributed by atoms with Crippen LogP contribution in [0.1, 0.15) is 53.8 Å². The Hall–Kier alpha value is -2.04. The van der Waals surface area contributed by atoms with Crippen molar-refractivity contribution in [2.45, 2.75) is 45.4 Å². The summed E-state index contributed by atoms with van der Waals surface area (Å²) in [5, 5.41) is 11.7. The molecule has 21 heavy (non-hydrogen) atoms. The molecule has 1 aromatic rings. The van der Waals surface area contributed by atoms with Crippen LogP contribution in [-0.4, -0.2) is 23.5 Å². The van der Waals surface area contributed by atoms with Crippen molar-refractivity contribution in [2.75, 3.05) is 6.54 Å². The third-order valence-electron chi connectivity index (χ3n) is 3.71. The van der Waals surface area contributed by atoms with Gasteiger partial charge >= 0.3 is 5.97 Å². The van der Waals surface area contributed by atoms with Crippen molar-refractivity contribution in [3.63, 3.8) is 0 Å². The Bertz CT molecular complexity index is 557. The lowest BCUT2D eigenvalue weighted by Gasteiger charge is -2.13. The number of nitrogens with one attached hydrogen (secondary N) is 1. The number of hydrogen-bond acceptors (Lipinski definition) is 3. The molecule has 1 amide bonds. The first-order valence-electron chi connectivity index (χ1n) is 7.33. The Labute approximate surface area is 124 Å². The van der Waals surface area contributed by atoms with Crippen molar-refractivity contribution in [2.24, 2.45) is 0 Å². The summed E-state index contributed by atoms with van der Waals surface area (Å²) in [5.74, 6) is -1.05. The van der Waals surface area contributed by atoms with Gasteiger partial charge in [0.05, 0.1) is 11.8 Å². The molecule has 0 atom stereocenters. The quantitative estimate of drug-likeness (QED) is 0.790. The maximum absolute atomic E-state index is 12.2. The molecule has 1 aliphatic rings. The Morgan fingerprint density at radius 1 is 1.38 bits per heavy atom. The molecule has 2 rings (SSSR count). The standard InChI is InChI=1S/C16H21NO4/c1-11-10-21-13(9-14(18)19)15(11)16(20)17-8-7-12-5-3-2-4-6-12/h5,10H,2-4,6-9H2,1H3,(H,17,20)(H,18,19). The van der Waals surface area contributed by atoms with E-state index in [9.17, 15) is 9.59 Å². The van der Waals surface area contributed by atoms with Crippen LogP contribution >= 0.6 is 0 Å². The maximum atomic E-state index is 12.2. The number of carboxylic acids is 1. The van der Waals surface area contributed by atoms with Gasteiger partial charge in [-0.15, -0.1) is 0 Å². The SMILES string of the molecule is Cc1coc(CC(=O)O)c1C(=O)NCCC1=CCCCC1. The second kappa shape index (κ2) is 7.11. The third kappa shape index (κ3) is 4.21. The van der Waals surface area contributed by atoms with E-state index in [1.807, 2.05) is 0 Å². The molecule has 0 aromatic carbocycles. The second-order valence-corrected chi connectivity index (χ2v) is 5.40. The summed E-state index contributed by atoms with van der Waals surface area (Å²) >= 11 is 0. The Balaban J connectivity index is 1.92. The smallest absolute Gasteiger partial charge is 0.311 e. The summed E-state index contributed by atoms with van der Waals surface area (Å²) in [7, 11) is 0. The van der Waals surface area contributed by atoms with Crippen LogP contribution in [0.25, 0.3) is 0 Å². The summed E-state index contributed by atoms with van der Waals surface area (Å²) in [4.78, 5) is 23.0. The minimum absolute atomic E-state index is 0.217. The lowest BCUT2D eigenvalue weighted by Crippen LogP contribution is -2.26. The number of amides is 1. The first-order chi connectivity index (χ1) is 10.1. The van der Waals surface area contributed by atoms with Gasteiger partial charge in [0.1, 0.15) is 12.2 Å². The predicted octanol–water partition coefficient (Wildman–Crippen LogP) is 2.84. The molecule has 0 radical (unpaired) electrons. The van der Waals surface area contributed by atoms with Gasteiger partial charge in [-0.2, -0.15) is 0 Å². The molecular formula is C16H21NO4. The van der Waals surface area contributed by atoms with Crippen LogP contribution in [0.15, 0.2) is 22.3 Å². The predicted molar refractivity (Wildman–Crippen MR) is 78.3 cm³/mol. The zero-order valence-corrected chi connectivity index (χ0v) is 12.3. The topological polar surface area (TPSA) is 79.5 Å². The van der Waals surface area contributed by atoms with Gasteiger partial charge in [0.2, 0.25) is 0 Å². The number of carbonyl (C=O) groups excluding carboxylic acids is 1. The molecule has 0 saturated heterocycles. The molecule has 0 spiro atoms. The van der Waals surface area contributed by atoms with Crippen molar-refractivity contribution < 1.29 is 19.1 Å². The highest BCUT2D eigenvalue weighted by Gasteiger charge is 2.20. The maximum Gasteiger partial charge on any atom is 0.311 e. The van der Waals surface area contributed by atoms with E-state index >= 15 is 0 Å². The Kier molecular flexibility index (Phi) is 5.20. The van der Waals surface area contributed by atoms with Crippen molar-refractivity contribution in [3.8, 4) is 0 Å². The van der Waals surface area contributed by atoms with Crippen LogP contribution in [0, 0.1) is 6.92 Å². The van der Waals surface area contributed by atoms with Gasteiger partial charge in [-0.25, -0.2) is 0 Å². The molecule has 5 nitrogen and oxygen atoms in total. The minimum Gasteiger partial charge on any atom is -0.481 e. The van der Waals surface area contributed by atoms with Gasteiger partial charge in [0.25, 0.3) is 5.91 Å². The van der Waals surface area contributed by atoms with E-state index in [4.69, 9.17) is 9.52 Å². The van der Waals surface area contributed by atoms with E-state index in [0.29, 0.717) is 17.7 Å². The van der Waals surface area contributed by atoms with Gasteiger partial charge in [0.15, 0.2) is 0 Å². The molecule has 0 bridgehead atoms. The van der Waals surface area contributed by atoms with E-state index in [-0.39, 0.29) is 18.1 Å². The second-order valence-electron chi connectivity index (χ2n) is 5.40. The highest BCUT2D eigenvalue weighted by Crippen LogP contribution is 2.20. The number of carboxylic acid groups (broad SMARTS) is 1. The highest BCUT2D eigenvalue weighted by molar-refractivity contribution is 5.97. The number of aliphatic carboxylic acids is 1. The van der Waals surface area contributed by atoms with E-state index in [0.717, 1.165) is 19.3 Å². The average molecular weight is 291 g/mol. The number of allylic oxidation sites excluding steroid dienone is 1. The number of carbonyl (C=O) groups is 2. The van der Waals surface area contributed by atoms with Crippen molar-refractivity contribution >= 4 is 11.9 Å². The molecule has 1 heterocycles. The molecule has 2 N–H and O–H groups in total. The monoisotopic (exact) mass is 291 g/mol. The number of hydrogen-bond donors (Lipinski definition) is 2. The molecule has 0 unspecified atom stereocenters. The summed E-state index contributed by atoms with van der Waals surface area (Å²) in [6.07, 6.45) is 8.99. The van der Waals surface area contributed by atoms with E-state index < -0.39 is 5.97 Å². The number of aryl methyl sites for hydroxylation is 1. The molecule has 0 saturated carbocycles. The zero-order chi connectivity index (χ0) is 15.2. The zero-order valence-electron chi connectivity index (χ0n) is 12.3. The lowest BCUT2D eigenvalue weighted by atomic mass is 9.97. The summed E-state index contributed by atoms with van der Waals surface area (Å²) < 4.78 is 5.17. The molecule has 0 fully saturated rings. The van der Waals surface area contributed by atoms with E-state index in [1.165, 1.54) is 24.7 Å². The molecule has 114 valence electrons. The minimum atomic E-state index is -1.01. The van der Waals surface area contributed by atoms with E-state index in [1.54, 1.807) is 6.92 Å². The number of rotatable bonds is 6. The first-order valence-corrected chi connectivity index (χ1v) is 7.33. The fraction of sp³-hybridized carbons (Fsp3) is 0.500. The largest absolute Gasteiger partial charge is 0.481 e. The molecule has 1 aromatic heterocycles. The van der Waals surface area contributed by atoms with Crippen molar-refractivity contribution in [3.05, 3.63) is 34.8 Å². The number of furan rings is 1. The van der Waals surface area contributed by atoms with Crippen LogP contribution in [-0.2, 0) is 11.2 Å². The van der Waals surface area contributed by atoms with Gasteiger partial charge in [-0.05, 0) is 39.0 Å². The molecule has 1 aliphatic carbocycles. The summed E-state index contributed by atoms with van der Waals surface area (Å²) in [6.45, 7) is 2.31. The Morgan fingerprint density at radius 3 is 2.86 bits per heavy atom. The summed E-state index contributed by atoms with van der Waals surface area (Å²) in [5.41, 5.74) is 2.42. The van der Waals surface area contributed by atoms with Crippen LogP contribution < -0.4 is 5.32 Å². The van der Waals surface area contributed by atoms with Crippen LogP contribution in [0.3, 0.4) is 0 Å². The fourth-order valence-corrected chi connectivity index (χ4v) is 2.63. The summed E-state index contributed by atoms with van der Waals surface area (Å²) in [6, 6.07) is 0. The van der Waals surface area contributed by atoms with Crippen molar-refractivity contribution in [1.82, 2.24) is 5.32 Å². The molecular weight excluding hydrogens is 270 g/mol. The van der Waals surface area contributed by atoms with E-state index in [2.05, 4.69) is 11.4 Å². The highest BCUT2D eigenvalue weighted by atomic mass is 16.4. The lowest BCUT2D eigenvalue weighted by molar-refractivity contribution is -0.136. The normalized spacial score (nSPS) is 14.6. The molecule has 5 heteroatoms. The average Bonchev–Trinajstić information content (AvgIpc) is 2.80. The van der Waals surface area contributed by atoms with Gasteiger partial charge in [-0.3, -0.25) is 9.59 Å².